The van der Waals surface area contributed by atoms with Gasteiger partial charge in [0.05, 0.1) is 12.6 Å². The molecular formula is C19H27N5O2. The standard InChI is InChI=1S/C19H27N5O2/c1-3-15-6-7-16(26-15)12-23-9-8-17-21-22-18(24(17)11-10-23)13(2)20-19(25)14-4-5-14/h6-7,13-14H,3-5,8-12H2,1-2H3,(H,20,25)/t13-/m1/s1. The maximum Gasteiger partial charge on any atom is 0.223 e. The minimum Gasteiger partial charge on any atom is -0.465 e. The highest BCUT2D eigenvalue weighted by atomic mass is 16.3. The first-order valence-electron chi connectivity index (χ1n) is 9.66. The number of hydrogen-bond donors (Lipinski definition) is 1. The van der Waals surface area contributed by atoms with Crippen molar-refractivity contribution in [1.29, 1.82) is 0 Å². The lowest BCUT2D eigenvalue weighted by atomic mass is 10.2. The number of nitrogens with one attached hydrogen (secondary N) is 1. The summed E-state index contributed by atoms with van der Waals surface area (Å²) in [6.45, 7) is 7.61. The zero-order valence-electron chi connectivity index (χ0n) is 15.6. The molecule has 3 heterocycles. The maximum absolute atomic E-state index is 12.0. The first-order chi connectivity index (χ1) is 12.6. The van der Waals surface area contributed by atoms with Crippen molar-refractivity contribution < 1.29 is 9.21 Å². The Balaban J connectivity index is 1.39. The van der Waals surface area contributed by atoms with Gasteiger partial charge in [0, 0.05) is 38.4 Å². The number of carbonyl (C=O) groups excluding carboxylic acids is 1. The first-order valence-corrected chi connectivity index (χ1v) is 9.66. The number of nitrogens with zero attached hydrogens (tertiary/aromatic N) is 4. The highest BCUT2D eigenvalue weighted by molar-refractivity contribution is 5.81. The summed E-state index contributed by atoms with van der Waals surface area (Å²) < 4.78 is 8.02. The van der Waals surface area contributed by atoms with Crippen molar-refractivity contribution in [2.24, 2.45) is 5.92 Å². The van der Waals surface area contributed by atoms with Crippen molar-refractivity contribution in [2.45, 2.75) is 58.7 Å². The van der Waals surface area contributed by atoms with Gasteiger partial charge in [0.25, 0.3) is 0 Å². The monoisotopic (exact) mass is 357 g/mol. The Morgan fingerprint density at radius 3 is 2.81 bits per heavy atom. The molecular weight excluding hydrogens is 330 g/mol. The van der Waals surface area contributed by atoms with Gasteiger partial charge in [-0.2, -0.15) is 0 Å². The molecule has 1 fully saturated rings. The van der Waals surface area contributed by atoms with Gasteiger partial charge in [-0.15, -0.1) is 10.2 Å². The third-order valence-corrected chi connectivity index (χ3v) is 5.29. The van der Waals surface area contributed by atoms with Crippen molar-refractivity contribution in [3.8, 4) is 0 Å². The van der Waals surface area contributed by atoms with Crippen LogP contribution in [0.2, 0.25) is 0 Å². The third kappa shape index (κ3) is 3.67. The van der Waals surface area contributed by atoms with Gasteiger partial charge in [0.1, 0.15) is 17.3 Å². The Morgan fingerprint density at radius 1 is 1.27 bits per heavy atom. The molecule has 0 bridgehead atoms. The predicted octanol–water partition coefficient (Wildman–Crippen LogP) is 2.08. The van der Waals surface area contributed by atoms with Crippen LogP contribution in [-0.4, -0.2) is 38.7 Å². The molecule has 0 aromatic carbocycles. The molecule has 1 amide bonds. The fourth-order valence-electron chi connectivity index (χ4n) is 3.53. The second kappa shape index (κ2) is 7.23. The second-order valence-corrected chi connectivity index (χ2v) is 7.38. The summed E-state index contributed by atoms with van der Waals surface area (Å²) in [6, 6.07) is 4.03. The fourth-order valence-corrected chi connectivity index (χ4v) is 3.53. The van der Waals surface area contributed by atoms with E-state index >= 15 is 0 Å². The molecule has 2 aliphatic rings. The number of amides is 1. The molecule has 7 heteroatoms. The number of furan rings is 1. The van der Waals surface area contributed by atoms with Gasteiger partial charge in [0.15, 0.2) is 5.82 Å². The van der Waals surface area contributed by atoms with E-state index in [0.717, 1.165) is 75.0 Å². The van der Waals surface area contributed by atoms with Crippen molar-refractivity contribution in [2.75, 3.05) is 13.1 Å². The van der Waals surface area contributed by atoms with E-state index < -0.39 is 0 Å². The van der Waals surface area contributed by atoms with Crippen LogP contribution in [0.15, 0.2) is 16.5 Å². The summed E-state index contributed by atoms with van der Waals surface area (Å²) in [5.74, 6) is 4.28. The van der Waals surface area contributed by atoms with E-state index in [9.17, 15) is 4.79 Å². The molecule has 140 valence electrons. The van der Waals surface area contributed by atoms with E-state index in [1.165, 1.54) is 0 Å². The molecule has 4 rings (SSSR count). The maximum atomic E-state index is 12.0. The van der Waals surface area contributed by atoms with Gasteiger partial charge in [-0.25, -0.2) is 0 Å². The Hall–Kier alpha value is -2.15. The van der Waals surface area contributed by atoms with Crippen LogP contribution < -0.4 is 5.32 Å². The van der Waals surface area contributed by atoms with Crippen LogP contribution in [0.5, 0.6) is 0 Å². The lowest BCUT2D eigenvalue weighted by Crippen LogP contribution is -2.31. The van der Waals surface area contributed by atoms with Crippen LogP contribution in [0.1, 0.15) is 55.9 Å². The van der Waals surface area contributed by atoms with Gasteiger partial charge >= 0.3 is 0 Å². The van der Waals surface area contributed by atoms with Crippen LogP contribution in [0, 0.1) is 5.92 Å². The van der Waals surface area contributed by atoms with Crippen LogP contribution in [0.25, 0.3) is 0 Å². The number of aryl methyl sites for hydroxylation is 1. The molecule has 0 radical (unpaired) electrons. The summed E-state index contributed by atoms with van der Waals surface area (Å²) in [5, 5.41) is 11.8. The van der Waals surface area contributed by atoms with E-state index in [1.54, 1.807) is 0 Å². The molecule has 1 atom stereocenters. The zero-order chi connectivity index (χ0) is 18.1. The number of aromatic nitrogens is 3. The highest BCUT2D eigenvalue weighted by Gasteiger charge is 2.31. The molecule has 0 saturated heterocycles. The molecule has 1 N–H and O–H groups in total. The van der Waals surface area contributed by atoms with Crippen LogP contribution >= 0.6 is 0 Å². The average Bonchev–Trinajstić information content (AvgIpc) is 3.31. The lowest BCUT2D eigenvalue weighted by molar-refractivity contribution is -0.123. The first kappa shape index (κ1) is 17.3. The van der Waals surface area contributed by atoms with Crippen LogP contribution in [0.3, 0.4) is 0 Å². The van der Waals surface area contributed by atoms with Gasteiger partial charge in [-0.05, 0) is 31.9 Å². The smallest absolute Gasteiger partial charge is 0.223 e. The average molecular weight is 357 g/mol. The normalized spacial score (nSPS) is 19.0. The molecule has 0 spiro atoms. The topological polar surface area (TPSA) is 76.2 Å². The molecule has 26 heavy (non-hydrogen) atoms. The van der Waals surface area contributed by atoms with Gasteiger partial charge in [0.2, 0.25) is 5.91 Å². The SMILES string of the molecule is CCc1ccc(CN2CCc3nnc([C@@H](C)NC(=O)C4CC4)n3CC2)o1. The van der Waals surface area contributed by atoms with Crippen LogP contribution in [-0.2, 0) is 30.7 Å². The van der Waals surface area contributed by atoms with Gasteiger partial charge in [-0.1, -0.05) is 6.92 Å². The zero-order valence-corrected chi connectivity index (χ0v) is 15.6. The van der Waals surface area contributed by atoms with Crippen molar-refractivity contribution in [3.63, 3.8) is 0 Å². The molecule has 2 aromatic heterocycles. The summed E-state index contributed by atoms with van der Waals surface area (Å²) in [7, 11) is 0. The van der Waals surface area contributed by atoms with Crippen LogP contribution in [0.4, 0.5) is 0 Å². The summed E-state index contributed by atoms with van der Waals surface area (Å²) in [4.78, 5) is 14.4. The van der Waals surface area contributed by atoms with E-state index in [1.807, 2.05) is 6.92 Å². The minimum absolute atomic E-state index is 0.104. The molecule has 1 aliphatic heterocycles. The largest absolute Gasteiger partial charge is 0.465 e. The quantitative estimate of drug-likeness (QED) is 0.857. The number of fused-ring (bicyclic) bond motifs is 1. The van der Waals surface area contributed by atoms with Crippen molar-refractivity contribution >= 4 is 5.91 Å². The predicted molar refractivity (Wildman–Crippen MR) is 96.4 cm³/mol. The second-order valence-electron chi connectivity index (χ2n) is 7.38. The van der Waals surface area contributed by atoms with Crippen molar-refractivity contribution in [1.82, 2.24) is 25.0 Å². The Morgan fingerprint density at radius 2 is 2.08 bits per heavy atom. The summed E-state index contributed by atoms with van der Waals surface area (Å²) >= 11 is 0. The van der Waals surface area contributed by atoms with Crippen molar-refractivity contribution in [3.05, 3.63) is 35.3 Å². The lowest BCUT2D eigenvalue weighted by Gasteiger charge is -2.19. The molecule has 1 saturated carbocycles. The van der Waals surface area contributed by atoms with E-state index in [4.69, 9.17) is 4.42 Å². The fraction of sp³-hybridized carbons (Fsp3) is 0.632. The van der Waals surface area contributed by atoms with E-state index in [0.29, 0.717) is 0 Å². The molecule has 1 aliphatic carbocycles. The number of carbonyl (C=O) groups is 1. The molecule has 0 unspecified atom stereocenters. The Kier molecular flexibility index (Phi) is 4.80. The Labute approximate surface area is 153 Å². The third-order valence-electron chi connectivity index (χ3n) is 5.29. The summed E-state index contributed by atoms with van der Waals surface area (Å²) in [5.41, 5.74) is 0. The molecule has 2 aromatic rings. The Bertz CT molecular complexity index is 777. The van der Waals surface area contributed by atoms with E-state index in [2.05, 4.69) is 44.0 Å². The van der Waals surface area contributed by atoms with E-state index in [-0.39, 0.29) is 17.9 Å². The summed E-state index contributed by atoms with van der Waals surface area (Å²) in [6.07, 6.45) is 3.81. The number of hydrogen-bond acceptors (Lipinski definition) is 5. The number of rotatable bonds is 6. The highest BCUT2D eigenvalue weighted by Crippen LogP contribution is 2.29. The van der Waals surface area contributed by atoms with Gasteiger partial charge < -0.3 is 14.3 Å². The molecule has 7 nitrogen and oxygen atoms in total. The minimum atomic E-state index is -0.104. The van der Waals surface area contributed by atoms with Gasteiger partial charge in [-0.3, -0.25) is 9.69 Å².